The van der Waals surface area contributed by atoms with Gasteiger partial charge in [-0.2, -0.15) is 0 Å². The maximum absolute atomic E-state index is 6.11. The molecule has 0 spiro atoms. The second-order valence-corrected chi connectivity index (χ2v) is 5.88. The van der Waals surface area contributed by atoms with Crippen LogP contribution in [-0.4, -0.2) is 7.11 Å². The van der Waals surface area contributed by atoms with Crippen molar-refractivity contribution in [2.75, 3.05) is 7.11 Å². The van der Waals surface area contributed by atoms with Crippen molar-refractivity contribution >= 4 is 27.5 Å². The minimum absolute atomic E-state index is 0.129. The Labute approximate surface area is 132 Å². The molecule has 0 aromatic heterocycles. The molecule has 106 valence electrons. The van der Waals surface area contributed by atoms with Crippen LogP contribution in [0.3, 0.4) is 0 Å². The number of ether oxygens (including phenoxy) is 1. The van der Waals surface area contributed by atoms with Gasteiger partial charge in [0.25, 0.3) is 0 Å². The van der Waals surface area contributed by atoms with E-state index in [0.29, 0.717) is 5.02 Å². The molecule has 3 N–H and O–H groups in total. The van der Waals surface area contributed by atoms with E-state index >= 15 is 0 Å². The van der Waals surface area contributed by atoms with Crippen LogP contribution in [0.15, 0.2) is 40.9 Å². The second-order valence-electron chi connectivity index (χ2n) is 4.52. The van der Waals surface area contributed by atoms with Gasteiger partial charge < -0.3 is 4.74 Å². The van der Waals surface area contributed by atoms with Crippen LogP contribution in [0.5, 0.6) is 5.75 Å². The summed E-state index contributed by atoms with van der Waals surface area (Å²) in [7, 11) is 1.65. The molecule has 5 heteroatoms. The third-order valence-corrected chi connectivity index (χ3v) is 3.85. The minimum Gasteiger partial charge on any atom is -0.497 e. The van der Waals surface area contributed by atoms with Crippen molar-refractivity contribution in [3.05, 3.63) is 62.6 Å². The highest BCUT2D eigenvalue weighted by atomic mass is 79.9. The predicted molar refractivity (Wildman–Crippen MR) is 86.0 cm³/mol. The van der Waals surface area contributed by atoms with Crippen LogP contribution in [0.25, 0.3) is 0 Å². The molecule has 0 bridgehead atoms. The molecule has 2 aromatic carbocycles. The largest absolute Gasteiger partial charge is 0.497 e. The van der Waals surface area contributed by atoms with E-state index in [0.717, 1.165) is 26.9 Å². The first-order valence-electron chi connectivity index (χ1n) is 6.12. The highest BCUT2D eigenvalue weighted by Gasteiger charge is 2.16. The van der Waals surface area contributed by atoms with Crippen molar-refractivity contribution in [1.82, 2.24) is 5.43 Å². The highest BCUT2D eigenvalue weighted by molar-refractivity contribution is 9.10. The maximum Gasteiger partial charge on any atom is 0.119 e. The molecule has 0 amide bonds. The molecule has 0 aliphatic heterocycles. The van der Waals surface area contributed by atoms with Crippen LogP contribution in [0.2, 0.25) is 5.02 Å². The molecule has 20 heavy (non-hydrogen) atoms. The van der Waals surface area contributed by atoms with Crippen LogP contribution in [0.1, 0.15) is 22.7 Å². The number of hydrogen-bond acceptors (Lipinski definition) is 3. The number of methoxy groups -OCH3 is 1. The Bertz CT molecular complexity index is 599. The second kappa shape index (κ2) is 6.59. The summed E-state index contributed by atoms with van der Waals surface area (Å²) in [4.78, 5) is 0. The number of rotatable bonds is 4. The Morgan fingerprint density at radius 3 is 2.55 bits per heavy atom. The molecule has 1 atom stereocenters. The molecule has 1 unspecified atom stereocenters. The van der Waals surface area contributed by atoms with Gasteiger partial charge in [0.2, 0.25) is 0 Å². The Balaban J connectivity index is 2.46. The molecule has 0 fully saturated rings. The fraction of sp³-hybridized carbons (Fsp3) is 0.200. The van der Waals surface area contributed by atoms with E-state index in [1.165, 1.54) is 0 Å². The van der Waals surface area contributed by atoms with Crippen molar-refractivity contribution in [2.45, 2.75) is 13.0 Å². The monoisotopic (exact) mass is 354 g/mol. The smallest absolute Gasteiger partial charge is 0.119 e. The van der Waals surface area contributed by atoms with E-state index in [2.05, 4.69) is 21.4 Å². The molecule has 2 aromatic rings. The Kier molecular flexibility index (Phi) is 5.05. The summed E-state index contributed by atoms with van der Waals surface area (Å²) in [5.41, 5.74) is 6.03. The van der Waals surface area contributed by atoms with Gasteiger partial charge in [-0.25, -0.2) is 5.43 Å². The summed E-state index contributed by atoms with van der Waals surface area (Å²) < 4.78 is 6.15. The van der Waals surface area contributed by atoms with E-state index in [1.54, 1.807) is 7.11 Å². The lowest BCUT2D eigenvalue weighted by atomic mass is 9.95. The van der Waals surface area contributed by atoms with Crippen LogP contribution in [-0.2, 0) is 0 Å². The molecule has 2 rings (SSSR count). The van der Waals surface area contributed by atoms with Gasteiger partial charge in [0.15, 0.2) is 0 Å². The number of benzene rings is 2. The molecule has 0 aliphatic rings. The predicted octanol–water partition coefficient (Wildman–Crippen LogP) is 3.97. The van der Waals surface area contributed by atoms with Crippen molar-refractivity contribution in [3.63, 3.8) is 0 Å². The first-order valence-corrected chi connectivity index (χ1v) is 7.29. The van der Waals surface area contributed by atoms with Crippen molar-refractivity contribution in [3.8, 4) is 5.75 Å². The fourth-order valence-electron chi connectivity index (χ4n) is 2.21. The van der Waals surface area contributed by atoms with E-state index in [1.807, 2.05) is 43.3 Å². The molecular weight excluding hydrogens is 340 g/mol. The number of aryl methyl sites for hydroxylation is 1. The Morgan fingerprint density at radius 2 is 2.00 bits per heavy atom. The molecule has 0 saturated heterocycles. The van der Waals surface area contributed by atoms with Gasteiger partial charge >= 0.3 is 0 Å². The third kappa shape index (κ3) is 3.33. The summed E-state index contributed by atoms with van der Waals surface area (Å²) in [5, 5.41) is 0.667. The fourth-order valence-corrected chi connectivity index (χ4v) is 3.09. The zero-order valence-corrected chi connectivity index (χ0v) is 13.6. The quantitative estimate of drug-likeness (QED) is 0.644. The number of hydrazine groups is 1. The first kappa shape index (κ1) is 15.3. The highest BCUT2D eigenvalue weighted by Crippen LogP contribution is 2.30. The Morgan fingerprint density at radius 1 is 1.25 bits per heavy atom. The van der Waals surface area contributed by atoms with Gasteiger partial charge in [-0.05, 0) is 53.9 Å². The van der Waals surface area contributed by atoms with Gasteiger partial charge in [0.05, 0.1) is 13.2 Å². The van der Waals surface area contributed by atoms with Gasteiger partial charge in [-0.1, -0.05) is 33.6 Å². The summed E-state index contributed by atoms with van der Waals surface area (Å²) in [6.07, 6.45) is 0. The number of hydrogen-bond donors (Lipinski definition) is 2. The zero-order chi connectivity index (χ0) is 14.7. The van der Waals surface area contributed by atoms with Crippen LogP contribution in [0.4, 0.5) is 0 Å². The van der Waals surface area contributed by atoms with Gasteiger partial charge in [0, 0.05) is 9.50 Å². The van der Waals surface area contributed by atoms with Crippen LogP contribution < -0.4 is 16.0 Å². The molecule has 0 saturated carbocycles. The topological polar surface area (TPSA) is 47.3 Å². The van der Waals surface area contributed by atoms with Gasteiger partial charge in [0.1, 0.15) is 5.75 Å². The van der Waals surface area contributed by atoms with Crippen LogP contribution in [0, 0.1) is 6.92 Å². The van der Waals surface area contributed by atoms with Crippen molar-refractivity contribution < 1.29 is 4.74 Å². The summed E-state index contributed by atoms with van der Waals surface area (Å²) in [6.45, 7) is 2.03. The molecule has 0 aliphatic carbocycles. The molecule has 0 heterocycles. The summed E-state index contributed by atoms with van der Waals surface area (Å²) in [5.74, 6) is 6.56. The Hall–Kier alpha value is -1.07. The van der Waals surface area contributed by atoms with E-state index in [-0.39, 0.29) is 6.04 Å². The minimum atomic E-state index is -0.129. The summed E-state index contributed by atoms with van der Waals surface area (Å²) in [6, 6.07) is 11.5. The van der Waals surface area contributed by atoms with E-state index < -0.39 is 0 Å². The van der Waals surface area contributed by atoms with Gasteiger partial charge in [-0.3, -0.25) is 5.84 Å². The lowest BCUT2D eigenvalue weighted by molar-refractivity contribution is 0.414. The van der Waals surface area contributed by atoms with Crippen LogP contribution >= 0.6 is 27.5 Å². The number of nitrogens with two attached hydrogens (primary N) is 1. The molecule has 3 nitrogen and oxygen atoms in total. The standard InChI is InChI=1S/C15H16BrClN2O/c1-9-5-13(20-2)3-4-14(9)15(19-18)10-6-11(16)8-12(17)7-10/h3-8,15,19H,18H2,1-2H3. The maximum atomic E-state index is 6.11. The average Bonchev–Trinajstić information content (AvgIpc) is 2.40. The SMILES string of the molecule is COc1ccc(C(NN)c2cc(Cl)cc(Br)c2)c(C)c1. The lowest BCUT2D eigenvalue weighted by Crippen LogP contribution is -2.29. The zero-order valence-electron chi connectivity index (χ0n) is 11.3. The lowest BCUT2D eigenvalue weighted by Gasteiger charge is -2.20. The third-order valence-electron chi connectivity index (χ3n) is 3.17. The first-order chi connectivity index (χ1) is 9.55. The molecule has 0 radical (unpaired) electrons. The van der Waals surface area contributed by atoms with Crippen molar-refractivity contribution in [2.24, 2.45) is 5.84 Å². The number of nitrogens with one attached hydrogen (secondary N) is 1. The average molecular weight is 356 g/mol. The van der Waals surface area contributed by atoms with Gasteiger partial charge in [-0.15, -0.1) is 0 Å². The number of halogens is 2. The summed E-state index contributed by atoms with van der Waals surface area (Å²) >= 11 is 9.56. The normalized spacial score (nSPS) is 12.2. The van der Waals surface area contributed by atoms with E-state index in [9.17, 15) is 0 Å². The van der Waals surface area contributed by atoms with Crippen molar-refractivity contribution in [1.29, 1.82) is 0 Å². The van der Waals surface area contributed by atoms with E-state index in [4.69, 9.17) is 22.2 Å². The molecular formula is C15H16BrClN2O.